The largest absolute Gasteiger partial charge is 0.442 e. The molecule has 1 amide bonds. The van der Waals surface area contributed by atoms with Crippen LogP contribution >= 0.6 is 0 Å². The molecule has 0 aliphatic carbocycles. The standard InChI is InChI=1S/C14H31NO5Si/c1-10(15(18)12(17)19-13(2,3)4)11(16)20-21(8,9)14(5,6)7/h10-11,16,18H,1-9H3. The fraction of sp³-hybridized carbons (Fsp3) is 0.929. The zero-order chi connectivity index (χ0) is 17.2. The SMILES string of the molecule is CC(C(O)O[Si](C)(C)C(C)(C)C)N(O)C(=O)OC(C)(C)C. The number of carbonyl (C=O) groups is 1. The monoisotopic (exact) mass is 321 g/mol. The zero-order valence-electron chi connectivity index (χ0n) is 14.7. The molecule has 0 aliphatic heterocycles. The summed E-state index contributed by atoms with van der Waals surface area (Å²) in [5.74, 6) is 0. The number of ether oxygens (including phenoxy) is 1. The first-order valence-electron chi connectivity index (χ1n) is 7.15. The molecular weight excluding hydrogens is 290 g/mol. The molecular formula is C14H31NO5Si. The van der Waals surface area contributed by atoms with Crippen molar-refractivity contribution in [3.8, 4) is 0 Å². The van der Waals surface area contributed by atoms with Crippen molar-refractivity contribution in [3.63, 3.8) is 0 Å². The van der Waals surface area contributed by atoms with Gasteiger partial charge in [-0.1, -0.05) is 20.8 Å². The maximum atomic E-state index is 11.8. The van der Waals surface area contributed by atoms with Gasteiger partial charge in [0.2, 0.25) is 0 Å². The van der Waals surface area contributed by atoms with E-state index < -0.39 is 32.3 Å². The topological polar surface area (TPSA) is 79.2 Å². The molecule has 0 heterocycles. The Kier molecular flexibility index (Phi) is 6.44. The highest BCUT2D eigenvalue weighted by Crippen LogP contribution is 2.37. The van der Waals surface area contributed by atoms with E-state index in [1.54, 1.807) is 20.8 Å². The summed E-state index contributed by atoms with van der Waals surface area (Å²) in [5.41, 5.74) is -0.719. The van der Waals surface area contributed by atoms with Gasteiger partial charge in [-0.25, -0.2) is 4.79 Å². The number of hydrogen-bond donors (Lipinski definition) is 2. The highest BCUT2D eigenvalue weighted by molar-refractivity contribution is 6.74. The smallest absolute Gasteiger partial charge is 0.434 e. The van der Waals surface area contributed by atoms with E-state index in [2.05, 4.69) is 0 Å². The van der Waals surface area contributed by atoms with Gasteiger partial charge in [-0.15, -0.1) is 0 Å². The highest BCUT2D eigenvalue weighted by atomic mass is 28.4. The molecule has 0 saturated heterocycles. The predicted octanol–water partition coefficient (Wildman–Crippen LogP) is 3.34. The lowest BCUT2D eigenvalue weighted by Crippen LogP contribution is -2.52. The van der Waals surface area contributed by atoms with Crippen LogP contribution in [0.15, 0.2) is 0 Å². The number of hydroxylamine groups is 2. The second kappa shape index (κ2) is 6.64. The lowest BCUT2D eigenvalue weighted by Gasteiger charge is -2.40. The molecule has 126 valence electrons. The van der Waals surface area contributed by atoms with E-state index in [0.717, 1.165) is 0 Å². The summed E-state index contributed by atoms with van der Waals surface area (Å²) in [5, 5.41) is 20.3. The lowest BCUT2D eigenvalue weighted by molar-refractivity contribution is -0.177. The van der Waals surface area contributed by atoms with E-state index >= 15 is 0 Å². The molecule has 0 aromatic rings. The van der Waals surface area contributed by atoms with Gasteiger partial charge in [0.1, 0.15) is 11.6 Å². The quantitative estimate of drug-likeness (QED) is 0.359. The molecule has 0 aliphatic rings. The molecule has 0 saturated carbocycles. The van der Waals surface area contributed by atoms with Crippen LogP contribution in [0.5, 0.6) is 0 Å². The van der Waals surface area contributed by atoms with Crippen molar-refractivity contribution in [2.45, 2.75) is 84.5 Å². The van der Waals surface area contributed by atoms with Gasteiger partial charge < -0.3 is 14.3 Å². The Morgan fingerprint density at radius 1 is 1.14 bits per heavy atom. The maximum Gasteiger partial charge on any atom is 0.434 e. The summed E-state index contributed by atoms with van der Waals surface area (Å²) < 4.78 is 10.8. The predicted molar refractivity (Wildman–Crippen MR) is 83.6 cm³/mol. The zero-order valence-corrected chi connectivity index (χ0v) is 15.7. The number of carbonyl (C=O) groups excluding carboxylic acids is 1. The summed E-state index contributed by atoms with van der Waals surface area (Å²) in [7, 11) is -2.20. The molecule has 0 rings (SSSR count). The van der Waals surface area contributed by atoms with Gasteiger partial charge in [-0.05, 0) is 45.8 Å². The second-order valence-corrected chi connectivity index (χ2v) is 12.6. The Labute approximate surface area is 129 Å². The van der Waals surface area contributed by atoms with Crippen LogP contribution in [0.3, 0.4) is 0 Å². The summed E-state index contributed by atoms with van der Waals surface area (Å²) in [6.45, 7) is 16.7. The van der Waals surface area contributed by atoms with E-state index in [4.69, 9.17) is 9.16 Å². The van der Waals surface area contributed by atoms with Gasteiger partial charge in [0.05, 0.1) is 0 Å². The molecule has 21 heavy (non-hydrogen) atoms. The first-order chi connectivity index (χ1) is 9.08. The van der Waals surface area contributed by atoms with Gasteiger partial charge in [-0.2, -0.15) is 5.06 Å². The van der Waals surface area contributed by atoms with Gasteiger partial charge in [0.15, 0.2) is 14.6 Å². The van der Waals surface area contributed by atoms with Crippen LogP contribution in [0.25, 0.3) is 0 Å². The van der Waals surface area contributed by atoms with Crippen molar-refractivity contribution >= 4 is 14.4 Å². The van der Waals surface area contributed by atoms with Gasteiger partial charge >= 0.3 is 6.09 Å². The molecule has 0 spiro atoms. The van der Waals surface area contributed by atoms with E-state index in [1.165, 1.54) is 6.92 Å². The molecule has 2 atom stereocenters. The van der Waals surface area contributed by atoms with Crippen LogP contribution in [0.4, 0.5) is 4.79 Å². The van der Waals surface area contributed by atoms with Crippen molar-refractivity contribution in [2.24, 2.45) is 0 Å². The van der Waals surface area contributed by atoms with Crippen molar-refractivity contribution in [1.82, 2.24) is 5.06 Å². The normalized spacial score (nSPS) is 16.3. The first kappa shape index (κ1) is 20.4. The molecule has 0 aromatic carbocycles. The summed E-state index contributed by atoms with van der Waals surface area (Å²) >= 11 is 0. The number of nitrogens with zero attached hydrogens (tertiary/aromatic N) is 1. The molecule has 2 unspecified atom stereocenters. The maximum absolute atomic E-state index is 11.8. The third-order valence-electron chi connectivity index (χ3n) is 3.60. The minimum atomic E-state index is -2.20. The number of amides is 1. The number of hydrogen-bond acceptors (Lipinski definition) is 5. The first-order valence-corrected chi connectivity index (χ1v) is 10.1. The Bertz CT molecular complexity index is 359. The summed E-state index contributed by atoms with van der Waals surface area (Å²) in [6.07, 6.45) is -2.18. The Hall–Kier alpha value is -0.633. The van der Waals surface area contributed by atoms with Gasteiger partial charge in [0, 0.05) is 0 Å². The molecule has 2 N–H and O–H groups in total. The average Bonchev–Trinajstić information content (AvgIpc) is 2.22. The van der Waals surface area contributed by atoms with E-state index in [9.17, 15) is 15.1 Å². The number of aliphatic hydroxyl groups is 1. The Morgan fingerprint density at radius 3 is 1.90 bits per heavy atom. The van der Waals surface area contributed by atoms with Crippen LogP contribution in [0.2, 0.25) is 18.1 Å². The van der Waals surface area contributed by atoms with Crippen molar-refractivity contribution in [1.29, 1.82) is 0 Å². The van der Waals surface area contributed by atoms with Crippen molar-refractivity contribution < 1.29 is 24.3 Å². The number of rotatable bonds is 4. The third kappa shape index (κ3) is 6.33. The average molecular weight is 321 g/mol. The van der Waals surface area contributed by atoms with Gasteiger partial charge in [-0.3, -0.25) is 5.21 Å². The van der Waals surface area contributed by atoms with Crippen LogP contribution in [-0.4, -0.2) is 47.7 Å². The van der Waals surface area contributed by atoms with Crippen LogP contribution < -0.4 is 0 Å². The molecule has 7 heteroatoms. The summed E-state index contributed by atoms with van der Waals surface area (Å²) in [4.78, 5) is 11.8. The van der Waals surface area contributed by atoms with Crippen LogP contribution in [0, 0.1) is 0 Å². The highest BCUT2D eigenvalue weighted by Gasteiger charge is 2.41. The van der Waals surface area contributed by atoms with Crippen LogP contribution in [0.1, 0.15) is 48.5 Å². The van der Waals surface area contributed by atoms with Crippen molar-refractivity contribution in [2.75, 3.05) is 0 Å². The van der Waals surface area contributed by atoms with E-state index in [-0.39, 0.29) is 5.04 Å². The van der Waals surface area contributed by atoms with Crippen LogP contribution in [-0.2, 0) is 9.16 Å². The molecule has 0 fully saturated rings. The fourth-order valence-corrected chi connectivity index (χ4v) is 2.33. The molecule has 6 nitrogen and oxygen atoms in total. The molecule has 0 bridgehead atoms. The van der Waals surface area contributed by atoms with Crippen molar-refractivity contribution in [3.05, 3.63) is 0 Å². The number of aliphatic hydroxyl groups excluding tert-OH is 1. The molecule has 0 radical (unpaired) electrons. The second-order valence-electron chi connectivity index (χ2n) is 7.83. The van der Waals surface area contributed by atoms with E-state index in [1.807, 2.05) is 33.9 Å². The minimum absolute atomic E-state index is 0.0834. The Balaban J connectivity index is 4.78. The lowest BCUT2D eigenvalue weighted by atomic mass is 10.2. The van der Waals surface area contributed by atoms with Gasteiger partial charge in [0.25, 0.3) is 0 Å². The third-order valence-corrected chi connectivity index (χ3v) is 8.04. The minimum Gasteiger partial charge on any atom is -0.442 e. The molecule has 0 aromatic heterocycles. The fourth-order valence-electron chi connectivity index (χ4n) is 1.17. The summed E-state index contributed by atoms with van der Waals surface area (Å²) in [6, 6.07) is -0.922. The Morgan fingerprint density at radius 2 is 1.57 bits per heavy atom. The van der Waals surface area contributed by atoms with E-state index in [0.29, 0.717) is 5.06 Å².